The molecule has 5 N–H and O–H groups in total. The van der Waals surface area contributed by atoms with Crippen molar-refractivity contribution in [2.75, 3.05) is 18.8 Å². The molecule has 1 aromatic carbocycles. The molecule has 3 saturated heterocycles. The van der Waals surface area contributed by atoms with Gasteiger partial charge in [0.2, 0.25) is 11.8 Å². The SMILES string of the molecule is C[C@H]1C[C@H]2O[C@@H]2/C=C/C=C/C(=O)Cc2c(Cl)c(O)cc(OC(=O)CCCCCNC(=O)CCCCCNC(=O)CCCCC3SCC4NC(=O)NC43)c2C(=O)O1. The second-order valence-electron chi connectivity index (χ2n) is 14.7. The summed E-state index contributed by atoms with van der Waals surface area (Å²) < 4.78 is 16.8. The molecule has 6 atom stereocenters. The minimum atomic E-state index is -0.837. The van der Waals surface area contributed by atoms with E-state index in [2.05, 4.69) is 21.3 Å². The molecule has 0 aliphatic carbocycles. The fraction of sp³-hybridized carbons (Fsp3) is 0.600. The Morgan fingerprint density at radius 3 is 2.38 bits per heavy atom. The van der Waals surface area contributed by atoms with Gasteiger partial charge in [-0.2, -0.15) is 11.8 Å². The molecule has 4 amide bonds. The highest BCUT2D eigenvalue weighted by Gasteiger charge is 2.42. The van der Waals surface area contributed by atoms with E-state index < -0.39 is 29.6 Å². The van der Waals surface area contributed by atoms with Crippen LogP contribution in [0.25, 0.3) is 0 Å². The molecule has 1 aromatic rings. The van der Waals surface area contributed by atoms with E-state index in [4.69, 9.17) is 25.8 Å². The van der Waals surface area contributed by atoms with Crippen LogP contribution in [-0.4, -0.2) is 95.2 Å². The van der Waals surface area contributed by atoms with Crippen LogP contribution >= 0.6 is 23.4 Å². The van der Waals surface area contributed by atoms with Crippen LogP contribution in [0.15, 0.2) is 30.4 Å². The topological polar surface area (TPSA) is 202 Å². The van der Waals surface area contributed by atoms with Crippen LogP contribution in [0.5, 0.6) is 11.5 Å². The van der Waals surface area contributed by atoms with E-state index in [-0.39, 0.29) is 76.9 Å². The van der Waals surface area contributed by atoms with Gasteiger partial charge in [0.05, 0.1) is 23.2 Å². The quantitative estimate of drug-likeness (QED) is 0.0441. The third kappa shape index (κ3) is 13.3. The van der Waals surface area contributed by atoms with Gasteiger partial charge in [0.15, 0.2) is 5.78 Å². The number of halogens is 1. The number of amides is 4. The molecule has 0 bridgehead atoms. The molecule has 0 saturated carbocycles. The molecule has 14 nitrogen and oxygen atoms in total. The van der Waals surface area contributed by atoms with E-state index in [1.54, 1.807) is 19.1 Å². The van der Waals surface area contributed by atoms with Crippen LogP contribution < -0.4 is 26.0 Å². The Kier molecular flexibility index (Phi) is 16.5. The summed E-state index contributed by atoms with van der Waals surface area (Å²) in [6.07, 6.45) is 13.4. The molecular formula is C40H53ClN4O10S. The highest BCUT2D eigenvalue weighted by atomic mass is 35.5. The summed E-state index contributed by atoms with van der Waals surface area (Å²) in [7, 11) is 0. The van der Waals surface area contributed by atoms with E-state index in [0.29, 0.717) is 63.3 Å². The second kappa shape index (κ2) is 21.4. The predicted octanol–water partition coefficient (Wildman–Crippen LogP) is 4.97. The zero-order valence-corrected chi connectivity index (χ0v) is 33.4. The number of aromatic hydroxyl groups is 1. The Labute approximate surface area is 336 Å². The second-order valence-corrected chi connectivity index (χ2v) is 16.4. The molecular weight excluding hydrogens is 764 g/mol. The number of esters is 2. The van der Waals surface area contributed by atoms with Gasteiger partial charge in [-0.25, -0.2) is 9.59 Å². The number of carbonyl (C=O) groups excluding carboxylic acids is 6. The van der Waals surface area contributed by atoms with Crippen molar-refractivity contribution in [2.45, 2.75) is 132 Å². The molecule has 5 rings (SSSR count). The van der Waals surface area contributed by atoms with E-state index in [0.717, 1.165) is 43.9 Å². The highest BCUT2D eigenvalue weighted by Crippen LogP contribution is 2.39. The first-order chi connectivity index (χ1) is 27.0. The van der Waals surface area contributed by atoms with E-state index >= 15 is 0 Å². The molecule has 0 radical (unpaired) electrons. The van der Waals surface area contributed by atoms with Gasteiger partial charge < -0.3 is 40.6 Å². The van der Waals surface area contributed by atoms with Crippen LogP contribution in [0.3, 0.4) is 0 Å². The molecule has 16 heteroatoms. The van der Waals surface area contributed by atoms with E-state index in [1.165, 1.54) is 6.08 Å². The van der Waals surface area contributed by atoms with Crippen molar-refractivity contribution < 1.29 is 48.1 Å². The Hall–Kier alpha value is -4.08. The smallest absolute Gasteiger partial charge is 0.342 e. The summed E-state index contributed by atoms with van der Waals surface area (Å²) in [4.78, 5) is 75.0. The minimum Gasteiger partial charge on any atom is -0.506 e. The van der Waals surface area contributed by atoms with Crippen molar-refractivity contribution in [1.29, 1.82) is 0 Å². The maximum atomic E-state index is 13.4. The van der Waals surface area contributed by atoms with Crippen LogP contribution in [-0.2, 0) is 35.1 Å². The number of hydrogen-bond acceptors (Lipinski definition) is 11. The Balaban J connectivity index is 0.928. The summed E-state index contributed by atoms with van der Waals surface area (Å²) in [6.45, 7) is 2.76. The molecule has 4 aliphatic rings. The standard InChI is InChI=1S/C40H53ClN4O10S/c1-24-20-30-29(54-30)13-7-6-12-25(46)21-26-36(39(51)53-24)31(22-28(47)37(26)41)55-35(50)17-5-3-11-19-42-33(48)15-4-2-10-18-43-34(49)16-9-8-14-32-38-27(23-56-32)44-40(52)45-38/h6-7,12-13,22,24,27,29-30,32,38,47H,2-5,8-11,14-21,23H2,1H3,(H,42,48)(H,43,49)(H2,44,45,52)/b12-6+,13-7+/t24-,27?,29+,30+,32?,38?/m0/s1. The fourth-order valence-electron chi connectivity index (χ4n) is 7.08. The lowest BCUT2D eigenvalue weighted by molar-refractivity contribution is -0.134. The number of fused-ring (bicyclic) bond motifs is 3. The number of ether oxygens (including phenoxy) is 3. The van der Waals surface area contributed by atoms with Gasteiger partial charge in [-0.3, -0.25) is 19.2 Å². The largest absolute Gasteiger partial charge is 0.506 e. The van der Waals surface area contributed by atoms with E-state index in [1.807, 2.05) is 17.8 Å². The maximum Gasteiger partial charge on any atom is 0.342 e. The van der Waals surface area contributed by atoms with Gasteiger partial charge in [-0.1, -0.05) is 49.1 Å². The number of thioether (sulfide) groups is 1. The first kappa shape index (κ1) is 43.1. The average molecular weight is 817 g/mol. The molecule has 56 heavy (non-hydrogen) atoms. The van der Waals surface area contributed by atoms with E-state index in [9.17, 15) is 33.9 Å². The summed E-state index contributed by atoms with van der Waals surface area (Å²) in [5.74, 6) is -1.63. The number of allylic oxidation sites excluding steroid dienone is 3. The van der Waals surface area contributed by atoms with Gasteiger partial charge in [0, 0.05) is 67.8 Å². The number of ketones is 1. The number of unbranched alkanes of at least 4 members (excludes halogenated alkanes) is 5. The maximum absolute atomic E-state index is 13.4. The monoisotopic (exact) mass is 816 g/mol. The normalized spacial score (nSPS) is 25.3. The average Bonchev–Trinajstić information content (AvgIpc) is 3.61. The number of benzene rings is 1. The van der Waals surface area contributed by atoms with Gasteiger partial charge in [-0.15, -0.1) is 0 Å². The molecule has 4 aliphatic heterocycles. The van der Waals surface area contributed by atoms with Gasteiger partial charge >= 0.3 is 18.0 Å². The lowest BCUT2D eigenvalue weighted by atomic mass is 9.99. The number of epoxide rings is 1. The molecule has 4 heterocycles. The zero-order chi connectivity index (χ0) is 40.0. The van der Waals surface area contributed by atoms with Crippen molar-refractivity contribution in [3.8, 4) is 11.5 Å². The third-order valence-electron chi connectivity index (χ3n) is 10.1. The molecule has 0 aromatic heterocycles. The molecule has 3 unspecified atom stereocenters. The Morgan fingerprint density at radius 1 is 0.946 bits per heavy atom. The summed E-state index contributed by atoms with van der Waals surface area (Å²) in [5.41, 5.74) is -0.192. The van der Waals surface area contributed by atoms with Crippen molar-refractivity contribution >= 4 is 58.9 Å². The first-order valence-corrected chi connectivity index (χ1v) is 21.1. The Morgan fingerprint density at radius 2 is 1.64 bits per heavy atom. The van der Waals surface area contributed by atoms with Crippen molar-refractivity contribution in [2.24, 2.45) is 0 Å². The van der Waals surface area contributed by atoms with Crippen molar-refractivity contribution in [1.82, 2.24) is 21.3 Å². The van der Waals surface area contributed by atoms with Crippen molar-refractivity contribution in [3.63, 3.8) is 0 Å². The van der Waals surface area contributed by atoms with Crippen LogP contribution in [0.4, 0.5) is 4.79 Å². The minimum absolute atomic E-state index is 0.000595. The molecule has 3 fully saturated rings. The zero-order valence-electron chi connectivity index (χ0n) is 31.8. The van der Waals surface area contributed by atoms with Crippen LogP contribution in [0, 0.1) is 0 Å². The number of rotatable bonds is 18. The number of hydrogen-bond donors (Lipinski definition) is 5. The number of urea groups is 1. The lowest BCUT2D eigenvalue weighted by Gasteiger charge is -2.18. The van der Waals surface area contributed by atoms with Crippen LogP contribution in [0.2, 0.25) is 5.02 Å². The first-order valence-electron chi connectivity index (χ1n) is 19.7. The van der Waals surface area contributed by atoms with Gasteiger partial charge in [0.25, 0.3) is 0 Å². The highest BCUT2D eigenvalue weighted by molar-refractivity contribution is 8.00. The number of carbonyl (C=O) groups is 6. The molecule has 0 spiro atoms. The number of phenols is 1. The summed E-state index contributed by atoms with van der Waals surface area (Å²) in [5, 5.41) is 22.5. The summed E-state index contributed by atoms with van der Waals surface area (Å²) >= 11 is 8.25. The predicted molar refractivity (Wildman–Crippen MR) is 211 cm³/mol. The molecule has 306 valence electrons. The number of nitrogens with one attached hydrogen (secondary N) is 4. The van der Waals surface area contributed by atoms with Gasteiger partial charge in [-0.05, 0) is 51.5 Å². The number of cyclic esters (lactones) is 1. The third-order valence-corrected chi connectivity index (χ3v) is 12.1. The Bertz CT molecular complexity index is 1670. The fourth-order valence-corrected chi connectivity index (χ4v) is 8.84. The number of phenolic OH excluding ortho intramolecular Hbond substituents is 1. The lowest BCUT2D eigenvalue weighted by Crippen LogP contribution is -2.36. The van der Waals surface area contributed by atoms with Gasteiger partial charge in [0.1, 0.15) is 29.3 Å². The summed E-state index contributed by atoms with van der Waals surface area (Å²) in [6, 6.07) is 1.41. The van der Waals surface area contributed by atoms with Crippen LogP contribution in [0.1, 0.15) is 106 Å². The van der Waals surface area contributed by atoms with Crippen molar-refractivity contribution in [3.05, 3.63) is 46.5 Å².